The van der Waals surface area contributed by atoms with Gasteiger partial charge in [-0.25, -0.2) is 0 Å². The van der Waals surface area contributed by atoms with Crippen LogP contribution in [0.3, 0.4) is 0 Å². The second-order valence-electron chi connectivity index (χ2n) is 5.05. The number of thiophene rings is 1. The molecular weight excluding hydrogens is 288 g/mol. The van der Waals surface area contributed by atoms with Crippen LogP contribution in [0, 0.1) is 6.92 Å². The first-order chi connectivity index (χ1) is 10.2. The lowest BCUT2D eigenvalue weighted by Gasteiger charge is -2.32. The minimum absolute atomic E-state index is 0.113. The van der Waals surface area contributed by atoms with Crippen molar-refractivity contribution in [3.05, 3.63) is 56.1 Å². The predicted octanol–water partition coefficient (Wildman–Crippen LogP) is 1.96. The fraction of sp³-hybridized carbons (Fsp3) is 0.333. The maximum atomic E-state index is 12.5. The van der Waals surface area contributed by atoms with Gasteiger partial charge in [-0.2, -0.15) is 11.3 Å². The van der Waals surface area contributed by atoms with Crippen LogP contribution in [0.1, 0.15) is 27.6 Å². The van der Waals surface area contributed by atoms with Crippen molar-refractivity contribution in [2.45, 2.75) is 13.0 Å². The van der Waals surface area contributed by atoms with Gasteiger partial charge in [0.15, 0.2) is 5.43 Å². The summed E-state index contributed by atoms with van der Waals surface area (Å²) in [5.74, 6) is -0.233. The molecule has 0 aliphatic carbocycles. The number of nitrogens with one attached hydrogen (secondary N) is 1. The number of morpholine rings is 1. The minimum Gasteiger partial charge on any atom is -0.370 e. The maximum absolute atomic E-state index is 12.5. The van der Waals surface area contributed by atoms with Gasteiger partial charge in [-0.3, -0.25) is 9.59 Å². The third-order valence-corrected chi connectivity index (χ3v) is 4.33. The quantitative estimate of drug-likeness (QED) is 0.922. The van der Waals surface area contributed by atoms with E-state index in [9.17, 15) is 9.59 Å². The number of rotatable bonds is 2. The molecule has 21 heavy (non-hydrogen) atoms. The van der Waals surface area contributed by atoms with Gasteiger partial charge in [0.05, 0.1) is 13.2 Å². The molecule has 1 unspecified atom stereocenters. The van der Waals surface area contributed by atoms with Gasteiger partial charge in [0.1, 0.15) is 11.7 Å². The van der Waals surface area contributed by atoms with E-state index in [-0.39, 0.29) is 23.0 Å². The molecule has 3 rings (SSSR count). The number of aryl methyl sites for hydroxylation is 1. The number of nitrogens with zero attached hydrogens (tertiary/aromatic N) is 1. The summed E-state index contributed by atoms with van der Waals surface area (Å²) in [5, 5.41) is 4.02. The molecule has 1 aliphatic rings. The first-order valence-corrected chi connectivity index (χ1v) is 7.72. The molecule has 1 saturated heterocycles. The molecule has 1 N–H and O–H groups in total. The Morgan fingerprint density at radius 1 is 1.48 bits per heavy atom. The normalized spacial score (nSPS) is 18.7. The Labute approximate surface area is 126 Å². The van der Waals surface area contributed by atoms with Crippen LogP contribution in [0.5, 0.6) is 0 Å². The summed E-state index contributed by atoms with van der Waals surface area (Å²) < 4.78 is 5.72. The lowest BCUT2D eigenvalue weighted by Crippen LogP contribution is -2.43. The van der Waals surface area contributed by atoms with E-state index in [1.165, 1.54) is 6.20 Å². The fourth-order valence-electron chi connectivity index (χ4n) is 2.42. The Kier molecular flexibility index (Phi) is 3.90. The highest BCUT2D eigenvalue weighted by Crippen LogP contribution is 2.24. The van der Waals surface area contributed by atoms with Crippen LogP contribution >= 0.6 is 11.3 Å². The summed E-state index contributed by atoms with van der Waals surface area (Å²) in [6.07, 6.45) is 2.97. The number of carbonyl (C=O) groups excluding carboxylic acids is 1. The molecule has 110 valence electrons. The summed E-state index contributed by atoms with van der Waals surface area (Å²) in [6.45, 7) is 3.16. The summed E-state index contributed by atoms with van der Waals surface area (Å²) in [7, 11) is 0. The molecule has 6 heteroatoms. The standard InChI is InChI=1S/C15H16N2O3S/c1-10-6-16-7-12(14(10)18)15(19)17-3-4-20-13(8-17)11-2-5-21-9-11/h2,5-7,9,13H,3-4,8H2,1H3,(H,16,18). The van der Waals surface area contributed by atoms with Crippen LogP contribution in [-0.4, -0.2) is 35.5 Å². The van der Waals surface area contributed by atoms with Crippen molar-refractivity contribution < 1.29 is 9.53 Å². The van der Waals surface area contributed by atoms with Crippen LogP contribution in [0.15, 0.2) is 34.0 Å². The monoisotopic (exact) mass is 304 g/mol. The van der Waals surface area contributed by atoms with Gasteiger partial charge in [0, 0.05) is 24.5 Å². The lowest BCUT2D eigenvalue weighted by atomic mass is 10.1. The van der Waals surface area contributed by atoms with E-state index < -0.39 is 0 Å². The topological polar surface area (TPSA) is 62.4 Å². The molecule has 2 aromatic rings. The Balaban J connectivity index is 1.81. The fourth-order valence-corrected chi connectivity index (χ4v) is 3.12. The number of carbonyl (C=O) groups is 1. The van der Waals surface area contributed by atoms with E-state index in [1.807, 2.05) is 16.8 Å². The largest absolute Gasteiger partial charge is 0.370 e. The van der Waals surface area contributed by atoms with Crippen LogP contribution in [0.4, 0.5) is 0 Å². The number of ether oxygens (including phenoxy) is 1. The molecule has 2 aromatic heterocycles. The Bertz CT molecular complexity index is 693. The van der Waals surface area contributed by atoms with Gasteiger partial charge < -0.3 is 14.6 Å². The molecule has 1 fully saturated rings. The molecule has 0 saturated carbocycles. The van der Waals surface area contributed by atoms with Crippen molar-refractivity contribution in [3.8, 4) is 0 Å². The molecular formula is C15H16N2O3S. The average Bonchev–Trinajstić information content (AvgIpc) is 3.04. The number of aromatic nitrogens is 1. The highest BCUT2D eigenvalue weighted by atomic mass is 32.1. The lowest BCUT2D eigenvalue weighted by molar-refractivity contribution is -0.0227. The SMILES string of the molecule is Cc1c[nH]cc(C(=O)N2CCOC(c3ccsc3)C2)c1=O. The zero-order valence-corrected chi connectivity index (χ0v) is 12.5. The number of pyridine rings is 1. The molecule has 1 atom stereocenters. The molecule has 0 radical (unpaired) electrons. The van der Waals surface area contributed by atoms with Gasteiger partial charge in [-0.15, -0.1) is 0 Å². The number of hydrogen-bond acceptors (Lipinski definition) is 4. The van der Waals surface area contributed by atoms with Crippen molar-refractivity contribution in [2.75, 3.05) is 19.7 Å². The summed E-state index contributed by atoms with van der Waals surface area (Å²) in [4.78, 5) is 29.1. The van der Waals surface area contributed by atoms with Gasteiger partial charge >= 0.3 is 0 Å². The molecule has 0 aromatic carbocycles. The Morgan fingerprint density at radius 2 is 2.33 bits per heavy atom. The van der Waals surface area contributed by atoms with Crippen LogP contribution in [-0.2, 0) is 4.74 Å². The van der Waals surface area contributed by atoms with Gasteiger partial charge in [0.25, 0.3) is 5.91 Å². The average molecular weight is 304 g/mol. The highest BCUT2D eigenvalue weighted by molar-refractivity contribution is 7.07. The summed E-state index contributed by atoms with van der Waals surface area (Å²) in [6, 6.07) is 2.00. The first-order valence-electron chi connectivity index (χ1n) is 6.77. The van der Waals surface area contributed by atoms with Crippen molar-refractivity contribution in [1.29, 1.82) is 0 Å². The van der Waals surface area contributed by atoms with Crippen molar-refractivity contribution in [3.63, 3.8) is 0 Å². The molecule has 0 spiro atoms. The second kappa shape index (κ2) is 5.83. The maximum Gasteiger partial charge on any atom is 0.259 e. The van der Waals surface area contributed by atoms with E-state index in [0.717, 1.165) is 5.56 Å². The highest BCUT2D eigenvalue weighted by Gasteiger charge is 2.27. The van der Waals surface area contributed by atoms with Crippen LogP contribution < -0.4 is 5.43 Å². The minimum atomic E-state index is -0.233. The summed E-state index contributed by atoms with van der Waals surface area (Å²) >= 11 is 1.61. The van der Waals surface area contributed by atoms with E-state index >= 15 is 0 Å². The molecule has 1 aliphatic heterocycles. The van der Waals surface area contributed by atoms with Gasteiger partial charge in [-0.1, -0.05) is 0 Å². The van der Waals surface area contributed by atoms with Gasteiger partial charge in [-0.05, 0) is 29.3 Å². The third-order valence-electron chi connectivity index (χ3n) is 3.63. The van der Waals surface area contributed by atoms with E-state index in [0.29, 0.717) is 25.3 Å². The summed E-state index contributed by atoms with van der Waals surface area (Å²) in [5.41, 5.74) is 1.61. The predicted molar refractivity (Wildman–Crippen MR) is 80.7 cm³/mol. The molecule has 3 heterocycles. The number of amides is 1. The number of hydrogen-bond donors (Lipinski definition) is 1. The second-order valence-corrected chi connectivity index (χ2v) is 5.83. The van der Waals surface area contributed by atoms with Crippen LogP contribution in [0.25, 0.3) is 0 Å². The van der Waals surface area contributed by atoms with Crippen molar-refractivity contribution >= 4 is 17.2 Å². The first kappa shape index (κ1) is 14.0. The smallest absolute Gasteiger partial charge is 0.259 e. The zero-order chi connectivity index (χ0) is 14.8. The molecule has 1 amide bonds. The van der Waals surface area contributed by atoms with E-state index in [2.05, 4.69) is 4.98 Å². The number of H-pyrrole nitrogens is 1. The third kappa shape index (κ3) is 2.77. The van der Waals surface area contributed by atoms with Gasteiger partial charge in [0.2, 0.25) is 0 Å². The van der Waals surface area contributed by atoms with Crippen molar-refractivity contribution in [1.82, 2.24) is 9.88 Å². The Morgan fingerprint density at radius 3 is 3.10 bits per heavy atom. The Hall–Kier alpha value is -1.92. The molecule has 0 bridgehead atoms. The number of aromatic amines is 1. The molecule has 5 nitrogen and oxygen atoms in total. The van der Waals surface area contributed by atoms with Crippen LogP contribution in [0.2, 0.25) is 0 Å². The van der Waals surface area contributed by atoms with E-state index in [1.54, 1.807) is 29.4 Å². The van der Waals surface area contributed by atoms with Crippen molar-refractivity contribution in [2.24, 2.45) is 0 Å². The zero-order valence-electron chi connectivity index (χ0n) is 11.7. The van der Waals surface area contributed by atoms with E-state index in [4.69, 9.17) is 4.74 Å².